The number of hydrogen-bond donors (Lipinski definition) is 3. The Morgan fingerprint density at radius 1 is 1.58 bits per heavy atom. The summed E-state index contributed by atoms with van der Waals surface area (Å²) in [6, 6.07) is 5.38. The van der Waals surface area contributed by atoms with Gasteiger partial charge in [-0.25, -0.2) is 0 Å². The minimum absolute atomic E-state index is 0.0827. The van der Waals surface area contributed by atoms with Crippen LogP contribution in [0.2, 0.25) is 0 Å². The standard InChI is InChI=1S/C13H18BrN3O2/c1-2-19-11-6-9(15)12(11)17-10-4-3-7(13(16)18)5-8(10)14/h3-5,9,11-12,17H,2,6,15H2,1H3,(H2,16,18). The lowest BCUT2D eigenvalue weighted by atomic mass is 9.83. The maximum atomic E-state index is 11.1. The summed E-state index contributed by atoms with van der Waals surface area (Å²) in [5.74, 6) is -0.445. The molecule has 1 aromatic rings. The summed E-state index contributed by atoms with van der Waals surface area (Å²) in [7, 11) is 0. The van der Waals surface area contributed by atoms with Crippen LogP contribution < -0.4 is 16.8 Å². The fourth-order valence-corrected chi connectivity index (χ4v) is 2.69. The number of nitrogens with two attached hydrogens (primary N) is 2. The third-order valence-electron chi connectivity index (χ3n) is 3.32. The number of primary amides is 1. The molecule has 0 aromatic heterocycles. The number of amides is 1. The van der Waals surface area contributed by atoms with Crippen LogP contribution in [0.15, 0.2) is 22.7 Å². The van der Waals surface area contributed by atoms with Crippen molar-refractivity contribution < 1.29 is 9.53 Å². The minimum Gasteiger partial charge on any atom is -0.377 e. The van der Waals surface area contributed by atoms with Crippen LogP contribution in [0.4, 0.5) is 5.69 Å². The normalized spacial score (nSPS) is 25.7. The van der Waals surface area contributed by atoms with E-state index in [1.165, 1.54) is 0 Å². The molecule has 3 unspecified atom stereocenters. The molecule has 3 atom stereocenters. The predicted octanol–water partition coefficient (Wildman–Crippen LogP) is 1.46. The summed E-state index contributed by atoms with van der Waals surface area (Å²) in [6.45, 7) is 2.65. The van der Waals surface area contributed by atoms with Crippen molar-refractivity contribution >= 4 is 27.5 Å². The number of anilines is 1. The largest absolute Gasteiger partial charge is 0.377 e. The van der Waals surface area contributed by atoms with Gasteiger partial charge in [0.05, 0.1) is 12.1 Å². The zero-order chi connectivity index (χ0) is 14.0. The van der Waals surface area contributed by atoms with E-state index < -0.39 is 5.91 Å². The van der Waals surface area contributed by atoms with E-state index in [4.69, 9.17) is 16.2 Å². The molecule has 1 aromatic carbocycles. The Hall–Kier alpha value is -1.11. The van der Waals surface area contributed by atoms with Gasteiger partial charge in [0, 0.05) is 28.4 Å². The van der Waals surface area contributed by atoms with E-state index in [2.05, 4.69) is 21.2 Å². The molecule has 6 heteroatoms. The third-order valence-corrected chi connectivity index (χ3v) is 3.98. The van der Waals surface area contributed by atoms with Crippen LogP contribution in [0, 0.1) is 0 Å². The summed E-state index contributed by atoms with van der Waals surface area (Å²) >= 11 is 3.42. The molecule has 5 N–H and O–H groups in total. The lowest BCUT2D eigenvalue weighted by Gasteiger charge is -2.43. The van der Waals surface area contributed by atoms with Crippen LogP contribution in [0.1, 0.15) is 23.7 Å². The van der Waals surface area contributed by atoms with E-state index in [0.717, 1.165) is 16.6 Å². The highest BCUT2D eigenvalue weighted by Gasteiger charge is 2.39. The summed E-state index contributed by atoms with van der Waals surface area (Å²) in [4.78, 5) is 11.1. The SMILES string of the molecule is CCOC1CC(N)C1Nc1ccc(C(N)=O)cc1Br. The van der Waals surface area contributed by atoms with Crippen molar-refractivity contribution in [2.75, 3.05) is 11.9 Å². The van der Waals surface area contributed by atoms with Gasteiger partial charge in [-0.2, -0.15) is 0 Å². The number of benzene rings is 1. The van der Waals surface area contributed by atoms with Crippen molar-refractivity contribution in [2.45, 2.75) is 31.5 Å². The van der Waals surface area contributed by atoms with Crippen LogP contribution in [0.5, 0.6) is 0 Å². The monoisotopic (exact) mass is 327 g/mol. The first-order valence-corrected chi connectivity index (χ1v) is 7.05. The lowest BCUT2D eigenvalue weighted by molar-refractivity contribution is -0.0126. The van der Waals surface area contributed by atoms with E-state index >= 15 is 0 Å². The summed E-state index contributed by atoms with van der Waals surface area (Å²) in [5, 5.41) is 3.35. The molecule has 0 spiro atoms. The maximum Gasteiger partial charge on any atom is 0.248 e. The van der Waals surface area contributed by atoms with Gasteiger partial charge in [-0.05, 0) is 47.5 Å². The second-order valence-corrected chi connectivity index (χ2v) is 5.48. The first-order chi connectivity index (χ1) is 9.02. The Balaban J connectivity index is 2.08. The van der Waals surface area contributed by atoms with E-state index in [-0.39, 0.29) is 18.2 Å². The molecule has 0 radical (unpaired) electrons. The predicted molar refractivity (Wildman–Crippen MR) is 78.1 cm³/mol. The molecule has 1 amide bonds. The Morgan fingerprint density at radius 2 is 2.32 bits per heavy atom. The molecule has 0 saturated heterocycles. The zero-order valence-corrected chi connectivity index (χ0v) is 12.3. The van der Waals surface area contributed by atoms with Crippen LogP contribution in [0.25, 0.3) is 0 Å². The van der Waals surface area contributed by atoms with E-state index in [0.29, 0.717) is 12.2 Å². The zero-order valence-electron chi connectivity index (χ0n) is 10.7. The molecular weight excluding hydrogens is 310 g/mol. The van der Waals surface area contributed by atoms with Gasteiger partial charge in [-0.1, -0.05) is 0 Å². The highest BCUT2D eigenvalue weighted by Crippen LogP contribution is 2.30. The van der Waals surface area contributed by atoms with Gasteiger partial charge >= 0.3 is 0 Å². The Bertz CT molecular complexity index is 479. The maximum absolute atomic E-state index is 11.1. The summed E-state index contributed by atoms with van der Waals surface area (Å²) in [6.07, 6.45) is 1.00. The second-order valence-electron chi connectivity index (χ2n) is 4.62. The van der Waals surface area contributed by atoms with Gasteiger partial charge in [0.1, 0.15) is 0 Å². The van der Waals surface area contributed by atoms with Crippen molar-refractivity contribution in [3.63, 3.8) is 0 Å². The highest BCUT2D eigenvalue weighted by atomic mass is 79.9. The van der Waals surface area contributed by atoms with Crippen LogP contribution in [-0.4, -0.2) is 30.7 Å². The number of carbonyl (C=O) groups excluding carboxylic acids is 1. The molecule has 19 heavy (non-hydrogen) atoms. The molecule has 0 bridgehead atoms. The van der Waals surface area contributed by atoms with Crippen molar-refractivity contribution in [1.82, 2.24) is 0 Å². The molecule has 1 saturated carbocycles. The molecule has 1 aliphatic rings. The molecule has 0 heterocycles. The van der Waals surface area contributed by atoms with Crippen molar-refractivity contribution in [2.24, 2.45) is 11.5 Å². The number of halogens is 1. The molecule has 104 valence electrons. The van der Waals surface area contributed by atoms with E-state index in [9.17, 15) is 4.79 Å². The Morgan fingerprint density at radius 3 is 2.84 bits per heavy atom. The van der Waals surface area contributed by atoms with Crippen LogP contribution >= 0.6 is 15.9 Å². The minimum atomic E-state index is -0.445. The van der Waals surface area contributed by atoms with Gasteiger partial charge in [-0.15, -0.1) is 0 Å². The van der Waals surface area contributed by atoms with Crippen molar-refractivity contribution in [1.29, 1.82) is 0 Å². The molecular formula is C13H18BrN3O2. The molecule has 2 rings (SSSR count). The number of carbonyl (C=O) groups is 1. The average molecular weight is 328 g/mol. The molecule has 0 aliphatic heterocycles. The number of hydrogen-bond acceptors (Lipinski definition) is 4. The fraction of sp³-hybridized carbons (Fsp3) is 0.462. The van der Waals surface area contributed by atoms with Crippen LogP contribution in [0.3, 0.4) is 0 Å². The van der Waals surface area contributed by atoms with Gasteiger partial charge in [0.2, 0.25) is 5.91 Å². The smallest absolute Gasteiger partial charge is 0.248 e. The average Bonchev–Trinajstić information content (AvgIpc) is 2.36. The van der Waals surface area contributed by atoms with Crippen molar-refractivity contribution in [3.8, 4) is 0 Å². The lowest BCUT2D eigenvalue weighted by Crippen LogP contribution is -2.60. The number of nitrogens with one attached hydrogen (secondary N) is 1. The van der Waals surface area contributed by atoms with Crippen molar-refractivity contribution in [3.05, 3.63) is 28.2 Å². The van der Waals surface area contributed by atoms with Crippen LogP contribution in [-0.2, 0) is 4.74 Å². The fourth-order valence-electron chi connectivity index (χ4n) is 2.19. The van der Waals surface area contributed by atoms with E-state index in [1.54, 1.807) is 12.1 Å². The van der Waals surface area contributed by atoms with Gasteiger partial charge in [-0.3, -0.25) is 4.79 Å². The quantitative estimate of drug-likeness (QED) is 0.763. The number of rotatable bonds is 5. The van der Waals surface area contributed by atoms with Gasteiger partial charge < -0.3 is 21.5 Å². The second kappa shape index (κ2) is 5.90. The third kappa shape index (κ3) is 3.08. The summed E-state index contributed by atoms with van der Waals surface area (Å²) < 4.78 is 6.39. The van der Waals surface area contributed by atoms with Gasteiger partial charge in [0.25, 0.3) is 0 Å². The topological polar surface area (TPSA) is 90.4 Å². The van der Waals surface area contributed by atoms with E-state index in [1.807, 2.05) is 13.0 Å². The first-order valence-electron chi connectivity index (χ1n) is 6.26. The summed E-state index contributed by atoms with van der Waals surface area (Å²) in [5.41, 5.74) is 12.6. The molecule has 1 fully saturated rings. The Labute approximate surface area is 120 Å². The highest BCUT2D eigenvalue weighted by molar-refractivity contribution is 9.10. The molecule has 1 aliphatic carbocycles. The first kappa shape index (κ1) is 14.3. The van der Waals surface area contributed by atoms with Gasteiger partial charge in [0.15, 0.2) is 0 Å². The number of ether oxygens (including phenoxy) is 1. The molecule has 5 nitrogen and oxygen atoms in total. The Kier molecular flexibility index (Phi) is 4.44.